The first-order chi connectivity index (χ1) is 11.3. The zero-order valence-corrected chi connectivity index (χ0v) is 14.4. The van der Waals surface area contributed by atoms with Gasteiger partial charge in [-0.25, -0.2) is 9.97 Å². The van der Waals surface area contributed by atoms with Gasteiger partial charge in [0.25, 0.3) is 0 Å². The average molecular weight is 373 g/mol. The van der Waals surface area contributed by atoms with Crippen LogP contribution in [0.3, 0.4) is 0 Å². The maximum atomic E-state index is 5.75. The lowest BCUT2D eigenvalue weighted by Gasteiger charge is -2.04. The van der Waals surface area contributed by atoms with Crippen LogP contribution in [0.1, 0.15) is 17.0 Å². The number of oxazole rings is 1. The van der Waals surface area contributed by atoms with Crippen molar-refractivity contribution in [1.29, 1.82) is 0 Å². The van der Waals surface area contributed by atoms with Crippen LogP contribution in [-0.2, 0) is 11.8 Å². The van der Waals surface area contributed by atoms with Gasteiger partial charge in [0, 0.05) is 29.6 Å². The van der Waals surface area contributed by atoms with Gasteiger partial charge in [-0.05, 0) is 24.6 Å². The van der Waals surface area contributed by atoms with E-state index in [0.29, 0.717) is 24.8 Å². The number of pyridine rings is 1. The number of benzene rings is 1. The Labute approximate surface area is 143 Å². The molecule has 0 aliphatic carbocycles. The van der Waals surface area contributed by atoms with Crippen molar-refractivity contribution in [3.63, 3.8) is 0 Å². The van der Waals surface area contributed by atoms with Crippen molar-refractivity contribution < 1.29 is 9.15 Å². The van der Waals surface area contributed by atoms with Gasteiger partial charge in [0.05, 0.1) is 12.3 Å². The van der Waals surface area contributed by atoms with Crippen molar-refractivity contribution in [2.45, 2.75) is 18.7 Å². The molecule has 0 spiro atoms. The third-order valence-corrected chi connectivity index (χ3v) is 4.10. The molecule has 0 atom stereocenters. The van der Waals surface area contributed by atoms with Crippen LogP contribution >= 0.6 is 15.9 Å². The fourth-order valence-corrected chi connectivity index (χ4v) is 2.52. The van der Waals surface area contributed by atoms with E-state index in [0.717, 1.165) is 27.9 Å². The fourth-order valence-electron chi connectivity index (χ4n) is 2.19. The highest BCUT2D eigenvalue weighted by atomic mass is 79.9. The first-order valence-electron chi connectivity index (χ1n) is 7.41. The first-order valence-corrected chi connectivity index (χ1v) is 8.54. The highest BCUT2D eigenvalue weighted by Crippen LogP contribution is 2.21. The summed E-state index contributed by atoms with van der Waals surface area (Å²) in [5.74, 6) is 2.10. The summed E-state index contributed by atoms with van der Waals surface area (Å²) in [5.41, 5.74) is 3.02. The minimum absolute atomic E-state index is 0.516. The van der Waals surface area contributed by atoms with Gasteiger partial charge in [-0.2, -0.15) is 0 Å². The van der Waals surface area contributed by atoms with Gasteiger partial charge in [0.15, 0.2) is 0 Å². The maximum Gasteiger partial charge on any atom is 0.226 e. The summed E-state index contributed by atoms with van der Waals surface area (Å²) >= 11 is 3.40. The molecule has 5 heteroatoms. The number of hydrogen-bond acceptors (Lipinski definition) is 4. The molecular formula is C18H17BrN2O2. The predicted molar refractivity (Wildman–Crippen MR) is 92.7 cm³/mol. The summed E-state index contributed by atoms with van der Waals surface area (Å²) in [6.45, 7) is 2.44. The Balaban J connectivity index is 1.61. The molecule has 0 saturated carbocycles. The third kappa shape index (κ3) is 3.99. The van der Waals surface area contributed by atoms with E-state index in [-0.39, 0.29) is 0 Å². The number of alkyl halides is 1. The Bertz CT molecular complexity index is 754. The van der Waals surface area contributed by atoms with Crippen LogP contribution in [0.2, 0.25) is 0 Å². The van der Waals surface area contributed by atoms with Gasteiger partial charge in [0.2, 0.25) is 11.8 Å². The minimum Gasteiger partial charge on any atom is -0.477 e. The normalized spacial score (nSPS) is 10.7. The SMILES string of the molecule is Cc1oc(-c2ccccc2)nc1CCOc1ccc(CBr)cn1. The Kier molecular flexibility index (Phi) is 5.08. The molecule has 0 saturated heterocycles. The minimum atomic E-state index is 0.516. The highest BCUT2D eigenvalue weighted by molar-refractivity contribution is 9.08. The predicted octanol–water partition coefficient (Wildman–Crippen LogP) is 4.56. The Morgan fingerprint density at radius 3 is 2.65 bits per heavy atom. The van der Waals surface area contributed by atoms with Crippen LogP contribution in [0.5, 0.6) is 5.88 Å². The van der Waals surface area contributed by atoms with Crippen LogP contribution in [0.4, 0.5) is 0 Å². The maximum absolute atomic E-state index is 5.75. The van der Waals surface area contributed by atoms with Gasteiger partial charge in [0.1, 0.15) is 5.76 Å². The molecule has 3 aromatic rings. The van der Waals surface area contributed by atoms with Crippen molar-refractivity contribution in [3.8, 4) is 17.3 Å². The van der Waals surface area contributed by atoms with E-state index in [4.69, 9.17) is 9.15 Å². The van der Waals surface area contributed by atoms with E-state index < -0.39 is 0 Å². The number of aromatic nitrogens is 2. The van der Waals surface area contributed by atoms with E-state index in [1.54, 1.807) is 6.20 Å². The largest absolute Gasteiger partial charge is 0.477 e. The van der Waals surface area contributed by atoms with Gasteiger partial charge in [-0.15, -0.1) is 0 Å². The van der Waals surface area contributed by atoms with Crippen molar-refractivity contribution in [2.24, 2.45) is 0 Å². The summed E-state index contributed by atoms with van der Waals surface area (Å²) < 4.78 is 11.4. The highest BCUT2D eigenvalue weighted by Gasteiger charge is 2.11. The number of rotatable bonds is 6. The molecule has 3 rings (SSSR count). The third-order valence-electron chi connectivity index (χ3n) is 3.45. The number of hydrogen-bond donors (Lipinski definition) is 0. The molecule has 0 fully saturated rings. The molecule has 0 N–H and O–H groups in total. The summed E-state index contributed by atoms with van der Waals surface area (Å²) in [7, 11) is 0. The van der Waals surface area contributed by atoms with Crippen molar-refractivity contribution in [1.82, 2.24) is 9.97 Å². The number of aryl methyl sites for hydroxylation is 1. The van der Waals surface area contributed by atoms with E-state index in [2.05, 4.69) is 25.9 Å². The topological polar surface area (TPSA) is 48.2 Å². The average Bonchev–Trinajstić information content (AvgIpc) is 2.97. The molecular weight excluding hydrogens is 356 g/mol. The Morgan fingerprint density at radius 1 is 1.13 bits per heavy atom. The van der Waals surface area contributed by atoms with E-state index >= 15 is 0 Å². The molecule has 0 amide bonds. The second-order valence-corrected chi connectivity index (χ2v) is 5.69. The molecule has 118 valence electrons. The molecule has 2 heterocycles. The van der Waals surface area contributed by atoms with E-state index in [1.165, 1.54) is 0 Å². The van der Waals surface area contributed by atoms with Gasteiger partial charge in [-0.3, -0.25) is 0 Å². The molecule has 0 radical (unpaired) electrons. The zero-order chi connectivity index (χ0) is 16.1. The molecule has 0 aliphatic rings. The quantitative estimate of drug-likeness (QED) is 0.595. The van der Waals surface area contributed by atoms with Gasteiger partial charge >= 0.3 is 0 Å². The van der Waals surface area contributed by atoms with Crippen molar-refractivity contribution in [3.05, 3.63) is 65.7 Å². The van der Waals surface area contributed by atoms with Crippen LogP contribution < -0.4 is 4.74 Å². The standard InChI is InChI=1S/C18H17BrN2O2/c1-13-16(21-18(23-13)15-5-3-2-4-6-15)9-10-22-17-8-7-14(11-19)12-20-17/h2-8,12H,9-11H2,1H3. The Morgan fingerprint density at radius 2 is 1.96 bits per heavy atom. The van der Waals surface area contributed by atoms with Crippen LogP contribution in [-0.4, -0.2) is 16.6 Å². The fraction of sp³-hybridized carbons (Fsp3) is 0.222. The van der Waals surface area contributed by atoms with Crippen LogP contribution in [0.25, 0.3) is 11.5 Å². The molecule has 0 bridgehead atoms. The lowest BCUT2D eigenvalue weighted by atomic mass is 10.2. The molecule has 2 aromatic heterocycles. The lowest BCUT2D eigenvalue weighted by Crippen LogP contribution is -2.04. The first kappa shape index (κ1) is 15.7. The molecule has 4 nitrogen and oxygen atoms in total. The molecule has 1 aromatic carbocycles. The van der Waals surface area contributed by atoms with Crippen LogP contribution in [0.15, 0.2) is 53.1 Å². The van der Waals surface area contributed by atoms with Crippen molar-refractivity contribution in [2.75, 3.05) is 6.61 Å². The summed E-state index contributed by atoms with van der Waals surface area (Å²) in [6.07, 6.45) is 2.49. The molecule has 23 heavy (non-hydrogen) atoms. The monoisotopic (exact) mass is 372 g/mol. The molecule has 0 aliphatic heterocycles. The number of halogens is 1. The lowest BCUT2D eigenvalue weighted by molar-refractivity contribution is 0.307. The summed E-state index contributed by atoms with van der Waals surface area (Å²) in [4.78, 5) is 8.83. The van der Waals surface area contributed by atoms with Crippen molar-refractivity contribution >= 4 is 15.9 Å². The zero-order valence-electron chi connectivity index (χ0n) is 12.8. The second kappa shape index (κ2) is 7.42. The smallest absolute Gasteiger partial charge is 0.226 e. The van der Waals surface area contributed by atoms with E-state index in [9.17, 15) is 0 Å². The van der Waals surface area contributed by atoms with E-state index in [1.807, 2.05) is 49.4 Å². The summed E-state index contributed by atoms with van der Waals surface area (Å²) in [6, 6.07) is 13.8. The Hall–Kier alpha value is -2.14. The molecule has 0 unspecified atom stereocenters. The summed E-state index contributed by atoms with van der Waals surface area (Å²) in [5, 5.41) is 0.792. The van der Waals surface area contributed by atoms with Gasteiger partial charge < -0.3 is 9.15 Å². The van der Waals surface area contributed by atoms with Gasteiger partial charge in [-0.1, -0.05) is 40.2 Å². The number of nitrogens with zero attached hydrogens (tertiary/aromatic N) is 2. The number of ether oxygens (including phenoxy) is 1. The second-order valence-electron chi connectivity index (χ2n) is 5.12. The van der Waals surface area contributed by atoms with Crippen LogP contribution in [0, 0.1) is 6.92 Å².